The number of nitrogens with two attached hydrogens (primary N) is 1. The van der Waals surface area contributed by atoms with E-state index in [-0.39, 0.29) is 28.0 Å². The molecule has 6 rings (SSSR count). The van der Waals surface area contributed by atoms with Crippen LogP contribution in [-0.4, -0.2) is 62.4 Å². The molecule has 0 radical (unpaired) electrons. The SMILES string of the molecule is C#CCC1=C(C(=S)OCOC(=O)C(C)(C)C)N2C(=O)[C@@H](NC(=O)/C(=N\OC(c3ccccc3)(c3ccccc3)c3ccccc3)c3csc(N)n3)[C@H]2SC1. The van der Waals surface area contributed by atoms with Crippen LogP contribution in [0.1, 0.15) is 49.6 Å². The van der Waals surface area contributed by atoms with Crippen LogP contribution >= 0.6 is 35.3 Å². The average Bonchev–Trinajstić information content (AvgIpc) is 3.61. The normalized spacial score (nSPS) is 17.1. The molecule has 54 heavy (non-hydrogen) atoms. The van der Waals surface area contributed by atoms with E-state index in [1.807, 2.05) is 91.0 Å². The molecule has 2 aliphatic rings. The average molecular weight is 780 g/mol. The molecule has 1 fully saturated rings. The van der Waals surface area contributed by atoms with Crippen molar-refractivity contribution in [3.8, 4) is 12.3 Å². The maximum Gasteiger partial charge on any atom is 0.314 e. The Labute approximate surface area is 327 Å². The zero-order valence-corrected chi connectivity index (χ0v) is 32.1. The van der Waals surface area contributed by atoms with Crippen molar-refractivity contribution in [1.29, 1.82) is 0 Å². The van der Waals surface area contributed by atoms with E-state index in [4.69, 9.17) is 38.7 Å². The number of hydrogen-bond acceptors (Lipinski definition) is 12. The summed E-state index contributed by atoms with van der Waals surface area (Å²) in [4.78, 5) is 52.8. The van der Waals surface area contributed by atoms with E-state index < -0.39 is 47.0 Å². The molecule has 3 heterocycles. The van der Waals surface area contributed by atoms with E-state index in [1.54, 1.807) is 26.2 Å². The van der Waals surface area contributed by atoms with Crippen LogP contribution < -0.4 is 11.1 Å². The molecule has 11 nitrogen and oxygen atoms in total. The number of thioether (sulfide) groups is 1. The zero-order chi connectivity index (χ0) is 38.5. The van der Waals surface area contributed by atoms with Gasteiger partial charge in [-0.2, -0.15) is 0 Å². The maximum atomic E-state index is 14.3. The van der Waals surface area contributed by atoms with Crippen molar-refractivity contribution in [3.05, 3.63) is 130 Å². The number of anilines is 1. The summed E-state index contributed by atoms with van der Waals surface area (Å²) in [7, 11) is 0. The minimum atomic E-state index is -1.29. The number of amides is 2. The molecule has 14 heteroatoms. The molecule has 3 N–H and O–H groups in total. The lowest BCUT2D eigenvalue weighted by molar-refractivity contribution is -0.160. The van der Waals surface area contributed by atoms with Crippen molar-refractivity contribution in [2.45, 2.75) is 44.2 Å². The summed E-state index contributed by atoms with van der Waals surface area (Å²) in [5, 5.41) is 8.63. The van der Waals surface area contributed by atoms with E-state index in [0.29, 0.717) is 17.0 Å². The molecule has 0 aliphatic carbocycles. The minimum Gasteiger partial charge on any atom is -0.445 e. The summed E-state index contributed by atoms with van der Waals surface area (Å²) in [6.45, 7) is 4.72. The van der Waals surface area contributed by atoms with Crippen molar-refractivity contribution in [3.63, 3.8) is 0 Å². The molecule has 1 saturated heterocycles. The number of thiocarbonyl (C=S) groups is 1. The van der Waals surface area contributed by atoms with Gasteiger partial charge >= 0.3 is 5.97 Å². The summed E-state index contributed by atoms with van der Waals surface area (Å²) < 4.78 is 10.9. The number of benzene rings is 3. The Morgan fingerprint density at radius 3 is 2.07 bits per heavy atom. The quantitative estimate of drug-likeness (QED) is 0.0257. The second-order valence-electron chi connectivity index (χ2n) is 13.3. The predicted molar refractivity (Wildman–Crippen MR) is 213 cm³/mol. The molecule has 0 spiro atoms. The third-order valence-electron chi connectivity index (χ3n) is 8.63. The first-order chi connectivity index (χ1) is 26.0. The summed E-state index contributed by atoms with van der Waals surface area (Å²) in [6.07, 6.45) is 5.86. The lowest BCUT2D eigenvalue weighted by Gasteiger charge is -2.50. The highest BCUT2D eigenvalue weighted by molar-refractivity contribution is 8.00. The summed E-state index contributed by atoms with van der Waals surface area (Å²) >= 11 is 8.12. The molecule has 1 aromatic heterocycles. The number of carbonyl (C=O) groups is 3. The Bertz CT molecular complexity index is 2050. The number of thiazole rings is 1. The molecule has 4 aromatic rings. The predicted octanol–water partition coefficient (Wildman–Crippen LogP) is 6.01. The highest BCUT2D eigenvalue weighted by atomic mass is 32.2. The van der Waals surface area contributed by atoms with Gasteiger partial charge in [-0.1, -0.05) is 96.2 Å². The number of ether oxygens (including phenoxy) is 2. The monoisotopic (exact) mass is 779 g/mol. The number of fused-ring (bicyclic) bond motifs is 1. The van der Waals surface area contributed by atoms with Crippen molar-refractivity contribution in [1.82, 2.24) is 15.2 Å². The number of terminal acetylenes is 1. The lowest BCUT2D eigenvalue weighted by Crippen LogP contribution is -2.71. The molecule has 2 amide bonds. The highest BCUT2D eigenvalue weighted by Crippen LogP contribution is 2.43. The van der Waals surface area contributed by atoms with E-state index in [9.17, 15) is 14.4 Å². The molecular weight excluding hydrogens is 743 g/mol. The van der Waals surface area contributed by atoms with Gasteiger partial charge in [0.15, 0.2) is 10.8 Å². The molecule has 0 bridgehead atoms. The standard InChI is InChI=1S/C40H37N5O6S3/c1-5-15-25-22-53-35-31(34(47)45(35)32(25)36(52)49-24-50-37(48)39(2,3)4)43-33(46)30(29-23-54-38(41)42-29)44-51-40(26-16-9-6-10-17-26,27-18-11-7-12-19-27)28-20-13-8-14-21-28/h1,6-14,16-21,23,31,35H,15,22,24H2,2-4H3,(H2,41,42)(H,43,46)/b44-30-/t31-,35-/m1/s1. The first-order valence-corrected chi connectivity index (χ1v) is 19.2. The number of oxime groups is 1. The van der Waals surface area contributed by atoms with E-state index >= 15 is 0 Å². The summed E-state index contributed by atoms with van der Waals surface area (Å²) in [5.74, 6) is 1.42. The number of hydrogen-bond donors (Lipinski definition) is 2. The number of nitrogens with zero attached hydrogens (tertiary/aromatic N) is 3. The van der Waals surface area contributed by atoms with Gasteiger partial charge in [0.1, 0.15) is 22.8 Å². The fourth-order valence-corrected chi connectivity index (χ4v) is 8.14. The van der Waals surface area contributed by atoms with E-state index in [1.165, 1.54) is 16.7 Å². The van der Waals surface area contributed by atoms with Crippen LogP contribution in [0, 0.1) is 17.8 Å². The smallest absolute Gasteiger partial charge is 0.314 e. The number of aromatic nitrogens is 1. The second-order valence-corrected chi connectivity index (χ2v) is 15.7. The first-order valence-electron chi connectivity index (χ1n) is 16.8. The van der Waals surface area contributed by atoms with Gasteiger partial charge < -0.3 is 25.4 Å². The zero-order valence-electron chi connectivity index (χ0n) is 29.7. The van der Waals surface area contributed by atoms with Gasteiger partial charge in [-0.3, -0.25) is 19.3 Å². The van der Waals surface area contributed by atoms with Gasteiger partial charge in [0.25, 0.3) is 11.8 Å². The van der Waals surface area contributed by atoms with Gasteiger partial charge in [0, 0.05) is 34.2 Å². The first kappa shape index (κ1) is 38.2. The maximum absolute atomic E-state index is 14.3. The number of nitrogen functional groups attached to an aromatic ring is 1. The van der Waals surface area contributed by atoms with Crippen LogP contribution in [0.4, 0.5) is 5.13 Å². The summed E-state index contributed by atoms with van der Waals surface area (Å²) in [5.41, 5.74) is 7.32. The number of β-lactam (4-membered cyclic amide) rings is 1. The van der Waals surface area contributed by atoms with E-state index in [0.717, 1.165) is 28.0 Å². The minimum absolute atomic E-state index is 0.0435. The fourth-order valence-electron chi connectivity index (χ4n) is 5.95. The Kier molecular flexibility index (Phi) is 11.5. The second kappa shape index (κ2) is 16.3. The van der Waals surface area contributed by atoms with Crippen LogP contribution in [0.25, 0.3) is 0 Å². The largest absolute Gasteiger partial charge is 0.445 e. The Balaban J connectivity index is 1.30. The van der Waals surface area contributed by atoms with Crippen LogP contribution in [0.15, 0.2) is 113 Å². The molecule has 276 valence electrons. The van der Waals surface area contributed by atoms with Crippen LogP contribution in [-0.2, 0) is 34.3 Å². The van der Waals surface area contributed by atoms with Crippen LogP contribution in [0.2, 0.25) is 0 Å². The van der Waals surface area contributed by atoms with Crippen LogP contribution in [0.3, 0.4) is 0 Å². The lowest BCUT2D eigenvalue weighted by atomic mass is 9.80. The Morgan fingerprint density at radius 1 is 1.00 bits per heavy atom. The van der Waals surface area contributed by atoms with Crippen molar-refractivity contribution >= 4 is 69.0 Å². The van der Waals surface area contributed by atoms with Gasteiger partial charge in [0.2, 0.25) is 17.4 Å². The third kappa shape index (κ3) is 7.75. The molecule has 2 aliphatic heterocycles. The molecule has 3 aromatic carbocycles. The topological polar surface area (TPSA) is 145 Å². The van der Waals surface area contributed by atoms with E-state index in [2.05, 4.69) is 21.4 Å². The molecule has 0 saturated carbocycles. The fraction of sp³-hybridized carbons (Fsp3) is 0.250. The van der Waals surface area contributed by atoms with Gasteiger partial charge in [-0.15, -0.1) is 35.4 Å². The third-order valence-corrected chi connectivity index (χ3v) is 11.0. The van der Waals surface area contributed by atoms with Crippen LogP contribution in [0.5, 0.6) is 0 Å². The van der Waals surface area contributed by atoms with Gasteiger partial charge in [0.05, 0.1) is 5.41 Å². The Hall–Kier alpha value is -5.49. The number of nitrogens with one attached hydrogen (secondary N) is 1. The summed E-state index contributed by atoms with van der Waals surface area (Å²) in [6, 6.07) is 27.8. The van der Waals surface area contributed by atoms with Gasteiger partial charge in [-0.25, -0.2) is 4.98 Å². The van der Waals surface area contributed by atoms with Gasteiger partial charge in [-0.05, 0) is 38.6 Å². The van der Waals surface area contributed by atoms with Crippen molar-refractivity contribution < 1.29 is 28.7 Å². The Morgan fingerprint density at radius 2 is 1.57 bits per heavy atom. The molecule has 2 atom stereocenters. The number of rotatable bonds is 12. The highest BCUT2D eigenvalue weighted by Gasteiger charge is 2.54. The van der Waals surface area contributed by atoms with Crippen molar-refractivity contribution in [2.24, 2.45) is 10.6 Å². The van der Waals surface area contributed by atoms with Crippen molar-refractivity contribution in [2.75, 3.05) is 18.3 Å². The number of carbonyl (C=O) groups excluding carboxylic acids is 3. The number of esters is 1. The molecular formula is C40H37N5O6S3. The molecule has 0 unspecified atom stereocenters.